The van der Waals surface area contributed by atoms with E-state index in [1.807, 2.05) is 0 Å². The minimum Gasteiger partial charge on any atom is -0.309 e. The van der Waals surface area contributed by atoms with Crippen molar-refractivity contribution in [3.63, 3.8) is 0 Å². The van der Waals surface area contributed by atoms with Gasteiger partial charge in [0, 0.05) is 28.3 Å². The SMILES string of the molecule is CCC1c2ccccc2-c2ccc(Cc3ccc4c5ccc(Cc6ccc7c(c6)C(CC)c6ccccc6-7)cc5n(-c5ccccc5)c4c3)cc21. The molecule has 0 saturated carbocycles. The normalized spacial score (nSPS) is 15.6. The van der Waals surface area contributed by atoms with Crippen molar-refractivity contribution in [2.24, 2.45) is 0 Å². The molecule has 2 unspecified atom stereocenters. The zero-order valence-corrected chi connectivity index (χ0v) is 29.4. The number of hydrogen-bond donors (Lipinski definition) is 0. The van der Waals surface area contributed by atoms with Crippen molar-refractivity contribution in [1.82, 2.24) is 4.57 Å². The molecule has 2 aliphatic rings. The third-order valence-corrected chi connectivity index (χ3v) is 11.8. The molecule has 0 saturated heterocycles. The molecule has 10 rings (SSSR count). The van der Waals surface area contributed by atoms with Crippen LogP contribution < -0.4 is 0 Å². The third-order valence-electron chi connectivity index (χ3n) is 11.8. The second kappa shape index (κ2) is 12.0. The van der Waals surface area contributed by atoms with Crippen molar-refractivity contribution in [3.05, 3.63) is 196 Å². The Morgan fingerprint density at radius 1 is 0.392 bits per heavy atom. The van der Waals surface area contributed by atoms with E-state index >= 15 is 0 Å². The van der Waals surface area contributed by atoms with Crippen LogP contribution in [0.1, 0.15) is 83.0 Å². The summed E-state index contributed by atoms with van der Waals surface area (Å²) in [6.07, 6.45) is 4.08. The number of nitrogens with zero attached hydrogens (tertiary/aromatic N) is 1. The van der Waals surface area contributed by atoms with E-state index in [4.69, 9.17) is 0 Å². The molecular formula is C50H41N. The molecule has 0 radical (unpaired) electrons. The van der Waals surface area contributed by atoms with E-state index in [1.165, 1.54) is 94.3 Å². The van der Waals surface area contributed by atoms with Crippen LogP contribution in [0, 0.1) is 0 Å². The number of aromatic nitrogens is 1. The van der Waals surface area contributed by atoms with E-state index in [9.17, 15) is 0 Å². The Morgan fingerprint density at radius 3 is 1.29 bits per heavy atom. The van der Waals surface area contributed by atoms with E-state index < -0.39 is 0 Å². The summed E-state index contributed by atoms with van der Waals surface area (Å²) < 4.78 is 2.48. The summed E-state index contributed by atoms with van der Waals surface area (Å²) in [5.41, 5.74) is 20.8. The summed E-state index contributed by atoms with van der Waals surface area (Å²) in [6, 6.07) is 57.5. The Balaban J connectivity index is 1.03. The molecule has 7 aromatic carbocycles. The second-order valence-corrected chi connectivity index (χ2v) is 14.7. The minimum atomic E-state index is 0.481. The van der Waals surface area contributed by atoms with Crippen LogP contribution in [0.3, 0.4) is 0 Å². The molecule has 0 aliphatic heterocycles. The third kappa shape index (κ3) is 4.83. The van der Waals surface area contributed by atoms with Gasteiger partial charge < -0.3 is 4.57 Å². The zero-order chi connectivity index (χ0) is 34.1. The lowest BCUT2D eigenvalue weighted by Crippen LogP contribution is -1.98. The fraction of sp³-hybridized carbons (Fsp3) is 0.160. The maximum Gasteiger partial charge on any atom is 0.0543 e. The maximum atomic E-state index is 2.48. The van der Waals surface area contributed by atoms with E-state index in [2.05, 4.69) is 170 Å². The fourth-order valence-corrected chi connectivity index (χ4v) is 9.47. The first-order chi connectivity index (χ1) is 25.2. The average molecular weight is 656 g/mol. The summed E-state index contributed by atoms with van der Waals surface area (Å²) in [7, 11) is 0. The van der Waals surface area contributed by atoms with Gasteiger partial charge in [-0.2, -0.15) is 0 Å². The quantitative estimate of drug-likeness (QED) is 0.161. The Morgan fingerprint density at radius 2 is 0.804 bits per heavy atom. The average Bonchev–Trinajstić information content (AvgIpc) is 3.79. The summed E-state index contributed by atoms with van der Waals surface area (Å²) in [4.78, 5) is 0. The van der Waals surface area contributed by atoms with Gasteiger partial charge in [-0.05, 0) is 117 Å². The van der Waals surface area contributed by atoms with Gasteiger partial charge >= 0.3 is 0 Å². The predicted octanol–water partition coefficient (Wildman–Crippen LogP) is 13.0. The Labute approximate surface area is 300 Å². The molecule has 0 bridgehead atoms. The lowest BCUT2D eigenvalue weighted by Gasteiger charge is -2.13. The number of hydrogen-bond acceptors (Lipinski definition) is 0. The molecule has 8 aromatic rings. The molecule has 1 heteroatoms. The van der Waals surface area contributed by atoms with Crippen LogP contribution in [0.2, 0.25) is 0 Å². The van der Waals surface area contributed by atoms with Crippen molar-refractivity contribution >= 4 is 21.8 Å². The van der Waals surface area contributed by atoms with Crippen molar-refractivity contribution in [1.29, 1.82) is 0 Å². The van der Waals surface area contributed by atoms with Gasteiger partial charge in [0.05, 0.1) is 11.0 Å². The summed E-state index contributed by atoms with van der Waals surface area (Å²) in [6.45, 7) is 4.63. The number of benzene rings is 7. The van der Waals surface area contributed by atoms with Gasteiger partial charge in [0.1, 0.15) is 0 Å². The molecule has 2 aliphatic carbocycles. The van der Waals surface area contributed by atoms with Gasteiger partial charge in [-0.25, -0.2) is 0 Å². The lowest BCUT2D eigenvalue weighted by atomic mass is 9.92. The first-order valence-corrected chi connectivity index (χ1v) is 18.7. The molecule has 0 fully saturated rings. The van der Waals surface area contributed by atoms with Crippen molar-refractivity contribution < 1.29 is 0 Å². The van der Waals surface area contributed by atoms with Crippen LogP contribution in [0.25, 0.3) is 49.7 Å². The van der Waals surface area contributed by atoms with Crippen molar-refractivity contribution in [2.45, 2.75) is 51.4 Å². The molecule has 0 N–H and O–H groups in total. The van der Waals surface area contributed by atoms with E-state index in [0.717, 1.165) is 25.7 Å². The molecule has 51 heavy (non-hydrogen) atoms. The van der Waals surface area contributed by atoms with Crippen molar-refractivity contribution in [2.75, 3.05) is 0 Å². The molecule has 1 nitrogen and oxygen atoms in total. The highest BCUT2D eigenvalue weighted by Crippen LogP contribution is 2.48. The lowest BCUT2D eigenvalue weighted by molar-refractivity contribution is 0.796. The highest BCUT2D eigenvalue weighted by atomic mass is 15.0. The molecule has 246 valence electrons. The Hall–Kier alpha value is -5.66. The van der Waals surface area contributed by atoms with E-state index in [0.29, 0.717) is 11.8 Å². The van der Waals surface area contributed by atoms with E-state index in [1.54, 1.807) is 0 Å². The van der Waals surface area contributed by atoms with Crippen LogP contribution in [-0.2, 0) is 12.8 Å². The van der Waals surface area contributed by atoms with Gasteiger partial charge in [-0.1, -0.05) is 141 Å². The first kappa shape index (κ1) is 30.2. The van der Waals surface area contributed by atoms with Crippen LogP contribution >= 0.6 is 0 Å². The van der Waals surface area contributed by atoms with Gasteiger partial charge in [-0.3, -0.25) is 0 Å². The Kier molecular flexibility index (Phi) is 7.10. The number of rotatable bonds is 7. The largest absolute Gasteiger partial charge is 0.309 e. The van der Waals surface area contributed by atoms with Gasteiger partial charge in [0.2, 0.25) is 0 Å². The zero-order valence-electron chi connectivity index (χ0n) is 29.4. The molecule has 0 spiro atoms. The highest BCUT2D eigenvalue weighted by molar-refractivity contribution is 6.09. The second-order valence-electron chi connectivity index (χ2n) is 14.7. The standard InChI is InChI=1S/C50H41N/c1-3-37-39-14-8-10-16-41(39)43-22-18-32(28-47(37)43)26-34-20-24-45-46-25-21-35(31-50(46)51(49(45)30-34)36-12-6-5-7-13-36)27-33-19-23-44-42-17-11-9-15-40(42)38(4-2)48(44)29-33/h5-25,28-31,37-38H,3-4,26-27H2,1-2H3. The van der Waals surface area contributed by atoms with Crippen LogP contribution in [0.15, 0.2) is 152 Å². The minimum absolute atomic E-state index is 0.481. The summed E-state index contributed by atoms with van der Waals surface area (Å²) >= 11 is 0. The fourth-order valence-electron chi connectivity index (χ4n) is 9.47. The predicted molar refractivity (Wildman–Crippen MR) is 214 cm³/mol. The molecule has 1 aromatic heterocycles. The van der Waals surface area contributed by atoms with Gasteiger partial charge in [0.25, 0.3) is 0 Å². The highest BCUT2D eigenvalue weighted by Gasteiger charge is 2.28. The molecule has 1 heterocycles. The van der Waals surface area contributed by atoms with Crippen LogP contribution in [-0.4, -0.2) is 4.57 Å². The number of fused-ring (bicyclic) bond motifs is 9. The van der Waals surface area contributed by atoms with E-state index in [-0.39, 0.29) is 0 Å². The first-order valence-electron chi connectivity index (χ1n) is 18.7. The molecular weight excluding hydrogens is 615 g/mol. The summed E-state index contributed by atoms with van der Waals surface area (Å²) in [5, 5.41) is 2.61. The Bertz CT molecular complexity index is 2460. The number of para-hydroxylation sites is 1. The van der Waals surface area contributed by atoms with Gasteiger partial charge in [0.15, 0.2) is 0 Å². The summed E-state index contributed by atoms with van der Waals surface area (Å²) in [5.74, 6) is 0.962. The topological polar surface area (TPSA) is 4.93 Å². The molecule has 2 atom stereocenters. The maximum absolute atomic E-state index is 2.48. The van der Waals surface area contributed by atoms with Gasteiger partial charge in [-0.15, -0.1) is 0 Å². The van der Waals surface area contributed by atoms with Crippen LogP contribution in [0.4, 0.5) is 0 Å². The smallest absolute Gasteiger partial charge is 0.0543 e. The van der Waals surface area contributed by atoms with Crippen molar-refractivity contribution in [3.8, 4) is 27.9 Å². The molecule has 0 amide bonds. The monoisotopic (exact) mass is 655 g/mol. The van der Waals surface area contributed by atoms with Crippen LogP contribution in [0.5, 0.6) is 0 Å².